The van der Waals surface area contributed by atoms with Gasteiger partial charge in [-0.3, -0.25) is 9.59 Å². The van der Waals surface area contributed by atoms with Crippen molar-refractivity contribution in [2.24, 2.45) is 0 Å². The highest BCUT2D eigenvalue weighted by Gasteiger charge is 2.25. The lowest BCUT2D eigenvalue weighted by Gasteiger charge is -2.29. The van der Waals surface area contributed by atoms with E-state index in [1.807, 2.05) is 6.92 Å². The average molecular weight is 514 g/mol. The number of allylic oxidation sites excluding steroid dienone is 2. The zero-order chi connectivity index (χ0) is 28.0. The van der Waals surface area contributed by atoms with Crippen molar-refractivity contribution in [3.63, 3.8) is 0 Å². The van der Waals surface area contributed by atoms with Gasteiger partial charge in [0.05, 0.1) is 23.9 Å². The van der Waals surface area contributed by atoms with Gasteiger partial charge in [-0.25, -0.2) is 4.79 Å². The van der Waals surface area contributed by atoms with Gasteiger partial charge in [-0.1, -0.05) is 18.6 Å². The quantitative estimate of drug-likeness (QED) is 0.118. The van der Waals surface area contributed by atoms with Gasteiger partial charge >= 0.3 is 12.1 Å². The summed E-state index contributed by atoms with van der Waals surface area (Å²) in [5.41, 5.74) is 2.28. The SMILES string of the molecule is CN/C(C)=C(OCc1ccc(C#N)cc1)\C(CN(CCCCCC(=O)O)C(=O)OC(C)(C)C)=C(/C)C=O. The average Bonchev–Trinajstić information content (AvgIpc) is 2.84. The van der Waals surface area contributed by atoms with E-state index < -0.39 is 17.7 Å². The van der Waals surface area contributed by atoms with Crippen molar-refractivity contribution in [3.8, 4) is 6.07 Å². The maximum atomic E-state index is 13.1. The Labute approximate surface area is 219 Å². The number of unbranched alkanes of at least 4 members (excludes halogenated alkanes) is 2. The first-order valence-corrected chi connectivity index (χ1v) is 12.3. The van der Waals surface area contributed by atoms with E-state index in [9.17, 15) is 14.4 Å². The number of hydrogen-bond donors (Lipinski definition) is 2. The number of carboxylic acid groups (broad SMARTS) is 1. The van der Waals surface area contributed by atoms with Crippen LogP contribution in [0.25, 0.3) is 0 Å². The number of rotatable bonds is 14. The van der Waals surface area contributed by atoms with E-state index in [0.29, 0.717) is 54.0 Å². The molecule has 9 heteroatoms. The summed E-state index contributed by atoms with van der Waals surface area (Å²) in [7, 11) is 1.74. The fourth-order valence-electron chi connectivity index (χ4n) is 3.32. The minimum Gasteiger partial charge on any atom is -0.487 e. The van der Waals surface area contributed by atoms with E-state index in [-0.39, 0.29) is 19.6 Å². The van der Waals surface area contributed by atoms with Crippen LogP contribution in [0.4, 0.5) is 4.79 Å². The smallest absolute Gasteiger partial charge is 0.410 e. The molecular weight excluding hydrogens is 474 g/mol. The number of ether oxygens (including phenoxy) is 2. The summed E-state index contributed by atoms with van der Waals surface area (Å²) >= 11 is 0. The first-order valence-electron chi connectivity index (χ1n) is 12.3. The van der Waals surface area contributed by atoms with Crippen molar-refractivity contribution in [2.45, 2.75) is 72.5 Å². The monoisotopic (exact) mass is 513 g/mol. The zero-order valence-corrected chi connectivity index (χ0v) is 22.7. The maximum absolute atomic E-state index is 13.1. The molecule has 37 heavy (non-hydrogen) atoms. The summed E-state index contributed by atoms with van der Waals surface area (Å²) in [4.78, 5) is 37.3. The standard InChI is InChI=1S/C28H39N3O6/c1-20(18-32)24(26(21(2)30-6)36-19-23-13-11-22(16-29)12-14-23)17-31(27(35)37-28(3,4)5)15-9-7-8-10-25(33)34/h11-14,18,30H,7-10,15,17,19H2,1-6H3,(H,33,34)/b24-20+,26-21+. The van der Waals surface area contributed by atoms with Gasteiger partial charge in [0.1, 0.15) is 24.3 Å². The van der Waals surface area contributed by atoms with Gasteiger partial charge in [-0.05, 0) is 70.7 Å². The Hall–Kier alpha value is -3.80. The molecule has 1 aromatic rings. The van der Waals surface area contributed by atoms with Gasteiger partial charge in [0, 0.05) is 25.6 Å². The number of aldehydes is 1. The lowest BCUT2D eigenvalue weighted by Crippen LogP contribution is -2.39. The summed E-state index contributed by atoms with van der Waals surface area (Å²) in [5.74, 6) is -0.413. The minimum atomic E-state index is -0.854. The van der Waals surface area contributed by atoms with Gasteiger partial charge in [0.2, 0.25) is 0 Å². The van der Waals surface area contributed by atoms with Gasteiger partial charge in [0.25, 0.3) is 0 Å². The van der Waals surface area contributed by atoms with Gasteiger partial charge in [0.15, 0.2) is 0 Å². The Morgan fingerprint density at radius 2 is 1.78 bits per heavy atom. The van der Waals surface area contributed by atoms with E-state index in [0.717, 1.165) is 11.8 Å². The highest BCUT2D eigenvalue weighted by atomic mass is 16.6. The molecule has 1 amide bonds. The van der Waals surface area contributed by atoms with E-state index in [1.165, 1.54) is 4.90 Å². The molecule has 2 N–H and O–H groups in total. The highest BCUT2D eigenvalue weighted by Crippen LogP contribution is 2.23. The van der Waals surface area contributed by atoms with E-state index in [2.05, 4.69) is 11.4 Å². The van der Waals surface area contributed by atoms with Gasteiger partial charge in [-0.15, -0.1) is 0 Å². The molecule has 0 heterocycles. The molecule has 0 aliphatic rings. The van der Waals surface area contributed by atoms with Crippen LogP contribution < -0.4 is 5.32 Å². The second-order valence-corrected chi connectivity index (χ2v) is 9.69. The molecule has 0 saturated carbocycles. The number of carbonyl (C=O) groups is 3. The van der Waals surface area contributed by atoms with Crippen molar-refractivity contribution in [1.82, 2.24) is 10.2 Å². The summed E-state index contributed by atoms with van der Waals surface area (Å²) in [6.45, 7) is 9.40. The van der Waals surface area contributed by atoms with Crippen molar-refractivity contribution in [2.75, 3.05) is 20.1 Å². The van der Waals surface area contributed by atoms with Crippen molar-refractivity contribution >= 4 is 18.3 Å². The normalized spacial score (nSPS) is 12.5. The van der Waals surface area contributed by atoms with Crippen LogP contribution in [0.3, 0.4) is 0 Å². The van der Waals surface area contributed by atoms with Crippen LogP contribution in [-0.4, -0.2) is 54.1 Å². The summed E-state index contributed by atoms with van der Waals surface area (Å²) in [6.07, 6.45) is 1.98. The summed E-state index contributed by atoms with van der Waals surface area (Å²) < 4.78 is 11.8. The van der Waals surface area contributed by atoms with Crippen LogP contribution in [0.5, 0.6) is 0 Å². The fourth-order valence-corrected chi connectivity index (χ4v) is 3.32. The third kappa shape index (κ3) is 11.7. The Morgan fingerprint density at radius 3 is 2.30 bits per heavy atom. The van der Waals surface area contributed by atoms with Crippen LogP contribution in [0.2, 0.25) is 0 Å². The minimum absolute atomic E-state index is 0.0687. The van der Waals surface area contributed by atoms with Gasteiger partial charge < -0.3 is 24.8 Å². The molecule has 0 saturated heterocycles. The predicted octanol–water partition coefficient (Wildman–Crippen LogP) is 4.92. The number of nitrogens with zero attached hydrogens (tertiary/aromatic N) is 2. The summed E-state index contributed by atoms with van der Waals surface area (Å²) in [5, 5.41) is 21.0. The van der Waals surface area contributed by atoms with Crippen LogP contribution in [0.1, 0.15) is 71.4 Å². The molecule has 0 aromatic heterocycles. The summed E-state index contributed by atoms with van der Waals surface area (Å²) in [6, 6.07) is 9.08. The molecule has 0 bridgehead atoms. The third-order valence-electron chi connectivity index (χ3n) is 5.43. The molecule has 0 spiro atoms. The fraction of sp³-hybridized carbons (Fsp3) is 0.500. The zero-order valence-electron chi connectivity index (χ0n) is 22.7. The number of nitriles is 1. The molecule has 0 radical (unpaired) electrons. The number of aliphatic carboxylic acids is 1. The van der Waals surface area contributed by atoms with Crippen LogP contribution in [0, 0.1) is 11.3 Å². The van der Waals surface area contributed by atoms with Gasteiger partial charge in [-0.2, -0.15) is 5.26 Å². The van der Waals surface area contributed by atoms with Crippen molar-refractivity contribution in [1.29, 1.82) is 5.26 Å². The topological polar surface area (TPSA) is 129 Å². The number of amides is 1. The van der Waals surface area contributed by atoms with E-state index >= 15 is 0 Å². The number of nitrogens with one attached hydrogen (secondary N) is 1. The molecule has 0 unspecified atom stereocenters. The van der Waals surface area contributed by atoms with Crippen LogP contribution in [0.15, 0.2) is 46.9 Å². The highest BCUT2D eigenvalue weighted by molar-refractivity contribution is 5.76. The lowest BCUT2D eigenvalue weighted by atomic mass is 10.1. The molecule has 1 rings (SSSR count). The molecule has 202 valence electrons. The van der Waals surface area contributed by atoms with Crippen molar-refractivity contribution in [3.05, 3.63) is 58.0 Å². The number of benzene rings is 1. The molecule has 0 fully saturated rings. The molecule has 0 atom stereocenters. The van der Waals surface area contributed by atoms with Crippen LogP contribution in [-0.2, 0) is 25.7 Å². The Morgan fingerprint density at radius 1 is 1.14 bits per heavy atom. The van der Waals surface area contributed by atoms with Crippen LogP contribution >= 0.6 is 0 Å². The second-order valence-electron chi connectivity index (χ2n) is 9.69. The molecule has 0 aliphatic heterocycles. The lowest BCUT2D eigenvalue weighted by molar-refractivity contribution is -0.137. The predicted molar refractivity (Wildman–Crippen MR) is 140 cm³/mol. The van der Waals surface area contributed by atoms with E-state index in [4.69, 9.17) is 19.8 Å². The van der Waals surface area contributed by atoms with Crippen molar-refractivity contribution < 1.29 is 29.0 Å². The first kappa shape index (κ1) is 31.2. The second kappa shape index (κ2) is 15.3. The van der Waals surface area contributed by atoms with E-state index in [1.54, 1.807) is 59.0 Å². The first-order chi connectivity index (χ1) is 17.4. The number of hydrogen-bond acceptors (Lipinski definition) is 7. The molecule has 1 aromatic carbocycles. The Bertz CT molecular complexity index is 1030. The Balaban J connectivity index is 3.23. The number of carbonyl (C=O) groups excluding carboxylic acids is 2. The molecular formula is C28H39N3O6. The maximum Gasteiger partial charge on any atom is 0.410 e. The largest absolute Gasteiger partial charge is 0.487 e. The Kier molecular flexibility index (Phi) is 12.9. The number of carboxylic acids is 1. The third-order valence-corrected chi connectivity index (χ3v) is 5.43. The molecule has 9 nitrogen and oxygen atoms in total. The molecule has 0 aliphatic carbocycles.